The number of ether oxygens (including phenoxy) is 1. The molecule has 26 heavy (non-hydrogen) atoms. The number of pyridine rings is 1. The van der Waals surface area contributed by atoms with Gasteiger partial charge < -0.3 is 15.0 Å². The minimum Gasteiger partial charge on any atom is -0.383 e. The van der Waals surface area contributed by atoms with Crippen molar-refractivity contribution in [3.63, 3.8) is 0 Å². The van der Waals surface area contributed by atoms with Gasteiger partial charge in [0.1, 0.15) is 0 Å². The first-order valence-electron chi connectivity index (χ1n) is 9.25. The molecule has 1 fully saturated rings. The first-order chi connectivity index (χ1) is 12.8. The molecule has 1 saturated heterocycles. The van der Waals surface area contributed by atoms with Crippen LogP contribution < -0.4 is 5.32 Å². The number of nitrogens with zero attached hydrogens (tertiary/aromatic N) is 2. The van der Waals surface area contributed by atoms with Gasteiger partial charge in [0.2, 0.25) is 0 Å². The number of methoxy groups -OCH3 is 1. The molecule has 1 aromatic carbocycles. The molecule has 5 heteroatoms. The molecule has 1 aliphatic heterocycles. The Kier molecular flexibility index (Phi) is 6.75. The van der Waals surface area contributed by atoms with Crippen LogP contribution >= 0.6 is 0 Å². The molecule has 0 aliphatic carbocycles. The van der Waals surface area contributed by atoms with E-state index in [4.69, 9.17) is 4.74 Å². The van der Waals surface area contributed by atoms with Gasteiger partial charge in [-0.1, -0.05) is 12.1 Å². The van der Waals surface area contributed by atoms with Crippen LogP contribution in [0.4, 0.5) is 0 Å². The van der Waals surface area contributed by atoms with Crippen LogP contribution in [0.3, 0.4) is 0 Å². The summed E-state index contributed by atoms with van der Waals surface area (Å²) >= 11 is 0. The second-order valence-electron chi connectivity index (χ2n) is 6.74. The molecule has 1 aliphatic rings. The Hall–Kier alpha value is -2.24. The zero-order valence-electron chi connectivity index (χ0n) is 15.4. The van der Waals surface area contributed by atoms with Gasteiger partial charge >= 0.3 is 0 Å². The highest BCUT2D eigenvalue weighted by Crippen LogP contribution is 2.23. The van der Waals surface area contributed by atoms with E-state index in [0.29, 0.717) is 25.6 Å². The fraction of sp³-hybridized carbons (Fsp3) is 0.429. The number of piperidine rings is 1. The van der Waals surface area contributed by atoms with Crippen molar-refractivity contribution in [1.82, 2.24) is 15.2 Å². The van der Waals surface area contributed by atoms with Crippen molar-refractivity contribution in [2.24, 2.45) is 0 Å². The van der Waals surface area contributed by atoms with E-state index in [2.05, 4.69) is 22.4 Å². The second kappa shape index (κ2) is 9.46. The van der Waals surface area contributed by atoms with Crippen LogP contribution in [0.5, 0.6) is 0 Å². The van der Waals surface area contributed by atoms with Crippen molar-refractivity contribution in [2.75, 3.05) is 33.4 Å². The van der Waals surface area contributed by atoms with Gasteiger partial charge in [-0.15, -0.1) is 0 Å². The summed E-state index contributed by atoms with van der Waals surface area (Å²) in [4.78, 5) is 18.9. The highest BCUT2D eigenvalue weighted by atomic mass is 16.5. The van der Waals surface area contributed by atoms with Gasteiger partial charge in [0.15, 0.2) is 0 Å². The minimum atomic E-state index is 0.0344. The van der Waals surface area contributed by atoms with Crippen LogP contribution in [0.2, 0.25) is 0 Å². The Morgan fingerprint density at radius 2 is 2.00 bits per heavy atom. The van der Waals surface area contributed by atoms with E-state index in [9.17, 15) is 4.79 Å². The lowest BCUT2D eigenvalue weighted by atomic mass is 9.91. The van der Waals surface area contributed by atoms with Crippen molar-refractivity contribution in [3.8, 4) is 0 Å². The smallest absolute Gasteiger partial charge is 0.254 e. The highest BCUT2D eigenvalue weighted by Gasteiger charge is 2.18. The van der Waals surface area contributed by atoms with E-state index in [1.165, 1.54) is 18.4 Å². The molecule has 2 aromatic rings. The van der Waals surface area contributed by atoms with E-state index >= 15 is 0 Å². The van der Waals surface area contributed by atoms with Gasteiger partial charge in [-0.25, -0.2) is 0 Å². The number of aromatic nitrogens is 1. The molecule has 0 unspecified atom stereocenters. The average molecular weight is 353 g/mol. The van der Waals surface area contributed by atoms with Crippen molar-refractivity contribution >= 4 is 5.91 Å². The van der Waals surface area contributed by atoms with E-state index in [-0.39, 0.29) is 5.91 Å². The number of benzene rings is 1. The Bertz CT molecular complexity index is 682. The van der Waals surface area contributed by atoms with Crippen LogP contribution in [0.15, 0.2) is 48.8 Å². The molecule has 0 saturated carbocycles. The summed E-state index contributed by atoms with van der Waals surface area (Å²) < 4.78 is 5.18. The summed E-state index contributed by atoms with van der Waals surface area (Å²) in [5.41, 5.74) is 3.10. The number of hydrogen-bond acceptors (Lipinski definition) is 4. The van der Waals surface area contributed by atoms with E-state index in [0.717, 1.165) is 24.2 Å². The standard InChI is InChI=1S/C21H27N3O2/c1-26-14-13-24(16-17-8-11-22-12-9-17)21(25)19-6-4-18(5-7-19)20-3-2-10-23-15-20/h4-9,11-12,20,23H,2-3,10,13-16H2,1H3/t20-/m1/s1. The van der Waals surface area contributed by atoms with E-state index in [1.54, 1.807) is 19.5 Å². The molecule has 0 spiro atoms. The first kappa shape index (κ1) is 18.5. The molecule has 2 heterocycles. The number of carbonyl (C=O) groups excluding carboxylic acids is 1. The van der Waals surface area contributed by atoms with Gasteiger partial charge in [0.25, 0.3) is 5.91 Å². The maximum absolute atomic E-state index is 13.0. The van der Waals surface area contributed by atoms with Gasteiger partial charge in [0, 0.05) is 44.7 Å². The molecule has 138 valence electrons. The summed E-state index contributed by atoms with van der Waals surface area (Å²) in [6, 6.07) is 12.0. The molecule has 5 nitrogen and oxygen atoms in total. The van der Waals surface area contributed by atoms with E-state index < -0.39 is 0 Å². The molecule has 3 rings (SSSR count). The van der Waals surface area contributed by atoms with Gasteiger partial charge in [0.05, 0.1) is 6.61 Å². The van der Waals surface area contributed by atoms with Crippen molar-refractivity contribution in [3.05, 3.63) is 65.5 Å². The zero-order chi connectivity index (χ0) is 18.2. The third-order valence-corrected chi connectivity index (χ3v) is 4.90. The topological polar surface area (TPSA) is 54.5 Å². The predicted molar refractivity (Wildman–Crippen MR) is 102 cm³/mol. The molecule has 0 bridgehead atoms. The first-order valence-corrected chi connectivity index (χ1v) is 9.25. The summed E-state index contributed by atoms with van der Waals surface area (Å²) in [7, 11) is 1.65. The second-order valence-corrected chi connectivity index (χ2v) is 6.74. The van der Waals surface area contributed by atoms with Crippen LogP contribution in [-0.4, -0.2) is 49.1 Å². The van der Waals surface area contributed by atoms with Gasteiger partial charge in [-0.3, -0.25) is 9.78 Å². The lowest BCUT2D eigenvalue weighted by Gasteiger charge is -2.24. The lowest BCUT2D eigenvalue weighted by Crippen LogP contribution is -2.33. The molecule has 1 aromatic heterocycles. The van der Waals surface area contributed by atoms with E-state index in [1.807, 2.05) is 29.2 Å². The molecule has 1 amide bonds. The van der Waals surface area contributed by atoms with Crippen molar-refractivity contribution in [1.29, 1.82) is 0 Å². The summed E-state index contributed by atoms with van der Waals surface area (Å²) in [6.07, 6.45) is 5.92. The third kappa shape index (κ3) is 4.90. The SMILES string of the molecule is COCCN(Cc1ccncc1)C(=O)c1ccc([C@@H]2CCCNC2)cc1. The Balaban J connectivity index is 1.70. The van der Waals surface area contributed by atoms with Crippen LogP contribution in [0.25, 0.3) is 0 Å². The summed E-state index contributed by atoms with van der Waals surface area (Å²) in [5, 5.41) is 3.45. The highest BCUT2D eigenvalue weighted by molar-refractivity contribution is 5.94. The normalized spacial score (nSPS) is 17.0. The number of nitrogens with one attached hydrogen (secondary N) is 1. The van der Waals surface area contributed by atoms with Crippen molar-refractivity contribution in [2.45, 2.75) is 25.3 Å². The quantitative estimate of drug-likeness (QED) is 0.832. The largest absolute Gasteiger partial charge is 0.383 e. The van der Waals surface area contributed by atoms with Crippen LogP contribution in [0, 0.1) is 0 Å². The average Bonchev–Trinajstić information content (AvgIpc) is 2.72. The van der Waals surface area contributed by atoms with Gasteiger partial charge in [-0.2, -0.15) is 0 Å². The molecule has 0 radical (unpaired) electrons. The maximum Gasteiger partial charge on any atom is 0.254 e. The fourth-order valence-electron chi connectivity index (χ4n) is 3.38. The third-order valence-electron chi connectivity index (χ3n) is 4.90. The molecular formula is C21H27N3O2. The minimum absolute atomic E-state index is 0.0344. The lowest BCUT2D eigenvalue weighted by molar-refractivity contribution is 0.0680. The fourth-order valence-corrected chi connectivity index (χ4v) is 3.38. The summed E-state index contributed by atoms with van der Waals surface area (Å²) in [6.45, 7) is 3.76. The number of amides is 1. The maximum atomic E-state index is 13.0. The Morgan fingerprint density at radius 3 is 2.65 bits per heavy atom. The summed E-state index contributed by atoms with van der Waals surface area (Å²) in [5.74, 6) is 0.585. The van der Waals surface area contributed by atoms with Crippen molar-refractivity contribution < 1.29 is 9.53 Å². The molecule has 1 N–H and O–H groups in total. The predicted octanol–water partition coefficient (Wildman–Crippen LogP) is 2.84. The number of hydrogen-bond donors (Lipinski definition) is 1. The zero-order valence-corrected chi connectivity index (χ0v) is 15.4. The van der Waals surface area contributed by atoms with Crippen LogP contribution in [0.1, 0.15) is 40.2 Å². The number of carbonyl (C=O) groups is 1. The number of rotatable bonds is 7. The molecular weight excluding hydrogens is 326 g/mol. The molecule has 1 atom stereocenters. The van der Waals surface area contributed by atoms with Gasteiger partial charge in [-0.05, 0) is 60.7 Å². The Morgan fingerprint density at radius 1 is 1.23 bits per heavy atom. The Labute approximate surface area is 155 Å². The monoisotopic (exact) mass is 353 g/mol. The van der Waals surface area contributed by atoms with Crippen LogP contribution in [-0.2, 0) is 11.3 Å².